The average molecular weight is 502 g/mol. The fraction of sp³-hybridized carbons (Fsp3) is 0.0526. The van der Waals surface area contributed by atoms with Gasteiger partial charge < -0.3 is 4.90 Å². The highest BCUT2D eigenvalue weighted by atomic mass is 15.1. The van der Waals surface area contributed by atoms with Gasteiger partial charge in [-0.2, -0.15) is 0 Å². The Kier molecular flexibility index (Phi) is 7.05. The minimum atomic E-state index is 0.181. The van der Waals surface area contributed by atoms with Gasteiger partial charge in [-0.3, -0.25) is 0 Å². The van der Waals surface area contributed by atoms with Crippen LogP contribution in [-0.4, -0.2) is 0 Å². The number of nitrogens with zero attached hydrogens (tertiary/aromatic N) is 1. The molecule has 0 aliphatic heterocycles. The molecule has 1 heteroatoms. The summed E-state index contributed by atoms with van der Waals surface area (Å²) in [4.78, 5) is 2.32. The van der Waals surface area contributed by atoms with E-state index in [4.69, 9.17) is 0 Å². The van der Waals surface area contributed by atoms with E-state index in [0.29, 0.717) is 0 Å². The summed E-state index contributed by atoms with van der Waals surface area (Å²) in [5.74, 6) is 0.181. The van der Waals surface area contributed by atoms with Crippen LogP contribution in [0, 0.1) is 6.92 Å². The van der Waals surface area contributed by atoms with Crippen molar-refractivity contribution in [2.75, 3.05) is 4.90 Å². The van der Waals surface area contributed by atoms with Gasteiger partial charge in [0.05, 0.1) is 0 Å². The van der Waals surface area contributed by atoms with Crippen LogP contribution in [-0.2, 0) is 0 Å². The maximum atomic E-state index is 2.32. The summed E-state index contributed by atoms with van der Waals surface area (Å²) in [6, 6.07) is 58.7. The maximum Gasteiger partial charge on any atom is 0.0462 e. The molecule has 0 aromatic heterocycles. The van der Waals surface area contributed by atoms with Crippen molar-refractivity contribution in [2.45, 2.75) is 12.8 Å². The molecular formula is C38H31N. The van der Waals surface area contributed by atoms with Crippen LogP contribution in [0.25, 0.3) is 11.1 Å². The van der Waals surface area contributed by atoms with Crippen molar-refractivity contribution in [3.05, 3.63) is 186 Å². The zero-order valence-electron chi connectivity index (χ0n) is 22.1. The second-order valence-electron chi connectivity index (χ2n) is 9.93. The molecule has 0 amide bonds. The largest absolute Gasteiger partial charge is 0.311 e. The molecule has 0 bridgehead atoms. The van der Waals surface area contributed by atoms with E-state index in [1.165, 1.54) is 33.4 Å². The summed E-state index contributed by atoms with van der Waals surface area (Å²) >= 11 is 0. The quantitative estimate of drug-likeness (QED) is 0.197. The molecule has 0 N–H and O–H groups in total. The Morgan fingerprint density at radius 3 is 1.21 bits per heavy atom. The van der Waals surface area contributed by atoms with Crippen LogP contribution >= 0.6 is 0 Å². The van der Waals surface area contributed by atoms with Crippen LogP contribution in [0.3, 0.4) is 0 Å². The van der Waals surface area contributed by atoms with Gasteiger partial charge in [0.1, 0.15) is 0 Å². The molecule has 0 spiro atoms. The number of hydrogen-bond donors (Lipinski definition) is 0. The Morgan fingerprint density at radius 1 is 0.359 bits per heavy atom. The summed E-state index contributed by atoms with van der Waals surface area (Å²) in [6.45, 7) is 2.12. The third kappa shape index (κ3) is 5.39. The van der Waals surface area contributed by atoms with Crippen LogP contribution in [0.1, 0.15) is 28.2 Å². The number of benzene rings is 6. The number of para-hydroxylation sites is 1. The van der Waals surface area contributed by atoms with E-state index in [1.807, 2.05) is 0 Å². The Hall–Kier alpha value is -4.88. The standard InChI is InChI=1S/C38H31N/c1-29-17-19-30(20-18-29)31-21-25-36(26-22-31)39(35-15-9-4-10-16-35)37-27-23-34(24-28-37)38(32-11-5-2-6-12-32)33-13-7-3-8-14-33/h2-28,38H,1H3. The Morgan fingerprint density at radius 2 is 0.718 bits per heavy atom. The third-order valence-corrected chi connectivity index (χ3v) is 7.28. The van der Waals surface area contributed by atoms with Crippen molar-refractivity contribution in [1.29, 1.82) is 0 Å². The van der Waals surface area contributed by atoms with Crippen LogP contribution in [0.4, 0.5) is 17.1 Å². The molecule has 0 fully saturated rings. The predicted molar refractivity (Wildman–Crippen MR) is 165 cm³/mol. The fourth-order valence-corrected chi connectivity index (χ4v) is 5.26. The van der Waals surface area contributed by atoms with E-state index in [0.717, 1.165) is 17.1 Å². The lowest BCUT2D eigenvalue weighted by molar-refractivity contribution is 0.977. The van der Waals surface area contributed by atoms with Crippen molar-refractivity contribution in [2.24, 2.45) is 0 Å². The van der Waals surface area contributed by atoms with Gasteiger partial charge in [0.15, 0.2) is 0 Å². The van der Waals surface area contributed by atoms with E-state index in [2.05, 4.69) is 176 Å². The lowest BCUT2D eigenvalue weighted by atomic mass is 9.85. The molecule has 6 aromatic rings. The molecule has 0 saturated heterocycles. The minimum absolute atomic E-state index is 0.181. The van der Waals surface area contributed by atoms with Gasteiger partial charge in [-0.15, -0.1) is 0 Å². The first-order chi connectivity index (χ1) is 19.3. The highest BCUT2D eigenvalue weighted by Crippen LogP contribution is 2.38. The summed E-state index contributed by atoms with van der Waals surface area (Å²) < 4.78 is 0. The van der Waals surface area contributed by atoms with Crippen molar-refractivity contribution >= 4 is 17.1 Å². The second-order valence-corrected chi connectivity index (χ2v) is 9.93. The molecule has 0 unspecified atom stereocenters. The highest BCUT2D eigenvalue weighted by molar-refractivity contribution is 5.78. The molecule has 6 aromatic carbocycles. The molecule has 6 rings (SSSR count). The SMILES string of the molecule is Cc1ccc(-c2ccc(N(c3ccccc3)c3ccc(C(c4ccccc4)c4ccccc4)cc3)cc2)cc1. The molecule has 0 atom stereocenters. The first kappa shape index (κ1) is 24.5. The third-order valence-electron chi connectivity index (χ3n) is 7.28. The first-order valence-electron chi connectivity index (χ1n) is 13.5. The lowest BCUT2D eigenvalue weighted by Crippen LogP contribution is -2.10. The van der Waals surface area contributed by atoms with Crippen molar-refractivity contribution in [3.8, 4) is 11.1 Å². The molecule has 0 heterocycles. The molecule has 0 aliphatic rings. The molecule has 1 nitrogen and oxygen atoms in total. The zero-order valence-corrected chi connectivity index (χ0v) is 22.1. The molecule has 188 valence electrons. The van der Waals surface area contributed by atoms with E-state index in [9.17, 15) is 0 Å². The van der Waals surface area contributed by atoms with E-state index in [-0.39, 0.29) is 5.92 Å². The van der Waals surface area contributed by atoms with Crippen LogP contribution in [0.15, 0.2) is 164 Å². The number of aryl methyl sites for hydroxylation is 1. The second kappa shape index (κ2) is 11.2. The Balaban J connectivity index is 1.37. The first-order valence-corrected chi connectivity index (χ1v) is 13.5. The number of rotatable bonds is 7. The average Bonchev–Trinajstić information content (AvgIpc) is 3.01. The van der Waals surface area contributed by atoms with Gasteiger partial charge >= 0.3 is 0 Å². The summed E-state index contributed by atoms with van der Waals surface area (Å²) in [6.07, 6.45) is 0. The van der Waals surface area contributed by atoms with E-state index < -0.39 is 0 Å². The van der Waals surface area contributed by atoms with Crippen LogP contribution < -0.4 is 4.90 Å². The molecule has 0 saturated carbocycles. The molecule has 39 heavy (non-hydrogen) atoms. The number of hydrogen-bond acceptors (Lipinski definition) is 1. The lowest BCUT2D eigenvalue weighted by Gasteiger charge is -2.26. The van der Waals surface area contributed by atoms with Crippen LogP contribution in [0.2, 0.25) is 0 Å². The van der Waals surface area contributed by atoms with Gasteiger partial charge in [-0.05, 0) is 71.1 Å². The topological polar surface area (TPSA) is 3.24 Å². The van der Waals surface area contributed by atoms with Crippen molar-refractivity contribution < 1.29 is 0 Å². The van der Waals surface area contributed by atoms with Gasteiger partial charge in [-0.1, -0.05) is 133 Å². The number of anilines is 3. The molecule has 0 aliphatic carbocycles. The van der Waals surface area contributed by atoms with Gasteiger partial charge in [0, 0.05) is 23.0 Å². The molecular weight excluding hydrogens is 470 g/mol. The van der Waals surface area contributed by atoms with Crippen molar-refractivity contribution in [3.63, 3.8) is 0 Å². The van der Waals surface area contributed by atoms with Gasteiger partial charge in [-0.25, -0.2) is 0 Å². The summed E-state index contributed by atoms with van der Waals surface area (Å²) in [7, 11) is 0. The zero-order chi connectivity index (χ0) is 26.4. The minimum Gasteiger partial charge on any atom is -0.311 e. The predicted octanol–water partition coefficient (Wildman–Crippen LogP) is 10.3. The van der Waals surface area contributed by atoms with E-state index >= 15 is 0 Å². The highest BCUT2D eigenvalue weighted by Gasteiger charge is 2.18. The van der Waals surface area contributed by atoms with Crippen LogP contribution in [0.5, 0.6) is 0 Å². The maximum absolute atomic E-state index is 2.32. The fourth-order valence-electron chi connectivity index (χ4n) is 5.26. The Bertz CT molecular complexity index is 1560. The monoisotopic (exact) mass is 501 g/mol. The Labute approximate surface area is 231 Å². The smallest absolute Gasteiger partial charge is 0.0462 e. The normalized spacial score (nSPS) is 10.9. The molecule has 0 radical (unpaired) electrons. The summed E-state index contributed by atoms with van der Waals surface area (Å²) in [5, 5.41) is 0. The summed E-state index contributed by atoms with van der Waals surface area (Å²) in [5.41, 5.74) is 11.0. The van der Waals surface area contributed by atoms with Crippen molar-refractivity contribution in [1.82, 2.24) is 0 Å². The van der Waals surface area contributed by atoms with E-state index in [1.54, 1.807) is 0 Å². The van der Waals surface area contributed by atoms with Gasteiger partial charge in [0.25, 0.3) is 0 Å². The van der Waals surface area contributed by atoms with Gasteiger partial charge in [0.2, 0.25) is 0 Å².